The fourth-order valence-electron chi connectivity index (χ4n) is 3.49. The molecule has 1 N–H and O–H groups in total. The van der Waals surface area contributed by atoms with E-state index in [1.807, 2.05) is 18.2 Å². The molecular weight excluding hydrogens is 332 g/mol. The molecule has 6 nitrogen and oxygen atoms in total. The minimum Gasteiger partial charge on any atom is -0.496 e. The van der Waals surface area contributed by atoms with Crippen LogP contribution in [0.25, 0.3) is 11.3 Å². The molecule has 2 aromatic rings. The maximum Gasteiger partial charge on any atom is 0.308 e. The number of methoxy groups -OCH3 is 1. The van der Waals surface area contributed by atoms with Gasteiger partial charge in [-0.1, -0.05) is 6.07 Å². The van der Waals surface area contributed by atoms with Crippen LogP contribution in [0, 0.1) is 5.92 Å². The Balaban J connectivity index is 1.94. The number of nitrogens with zero attached hydrogens (tertiary/aromatic N) is 2. The van der Waals surface area contributed by atoms with Gasteiger partial charge in [0.1, 0.15) is 5.75 Å². The molecule has 1 aromatic carbocycles. The normalized spacial score (nSPS) is 19.8. The second-order valence-corrected chi connectivity index (χ2v) is 6.46. The number of piperidine rings is 1. The lowest BCUT2D eigenvalue weighted by atomic mass is 9.89. The fraction of sp³-hybridized carbons (Fsp3) is 0.350. The maximum absolute atomic E-state index is 13.0. The predicted molar refractivity (Wildman–Crippen MR) is 97.1 cm³/mol. The quantitative estimate of drug-likeness (QED) is 0.913. The molecular formula is C20H22N2O4. The van der Waals surface area contributed by atoms with Crippen molar-refractivity contribution in [1.82, 2.24) is 9.88 Å². The Morgan fingerprint density at radius 2 is 2.08 bits per heavy atom. The Morgan fingerprint density at radius 3 is 2.73 bits per heavy atom. The van der Waals surface area contributed by atoms with Crippen molar-refractivity contribution < 1.29 is 19.4 Å². The van der Waals surface area contributed by atoms with Gasteiger partial charge in [-0.25, -0.2) is 0 Å². The van der Waals surface area contributed by atoms with Gasteiger partial charge >= 0.3 is 5.97 Å². The van der Waals surface area contributed by atoms with Crippen molar-refractivity contribution in [2.45, 2.75) is 25.8 Å². The average molecular weight is 354 g/mol. The predicted octanol–water partition coefficient (Wildman–Crippen LogP) is 3.08. The maximum atomic E-state index is 13.0. The highest BCUT2D eigenvalue weighted by molar-refractivity contribution is 5.96. The summed E-state index contributed by atoms with van der Waals surface area (Å²) in [5.41, 5.74) is 1.96. The van der Waals surface area contributed by atoms with Crippen LogP contribution < -0.4 is 4.74 Å². The number of pyridine rings is 1. The highest BCUT2D eigenvalue weighted by Crippen LogP contribution is 2.31. The summed E-state index contributed by atoms with van der Waals surface area (Å²) in [7, 11) is 1.58. The van der Waals surface area contributed by atoms with Crippen molar-refractivity contribution in [3.05, 3.63) is 48.2 Å². The van der Waals surface area contributed by atoms with Crippen molar-refractivity contribution in [1.29, 1.82) is 0 Å². The Kier molecular flexibility index (Phi) is 5.21. The van der Waals surface area contributed by atoms with Gasteiger partial charge in [-0.05, 0) is 50.1 Å². The van der Waals surface area contributed by atoms with Crippen LogP contribution in [0.5, 0.6) is 5.75 Å². The van der Waals surface area contributed by atoms with Gasteiger partial charge in [0, 0.05) is 29.9 Å². The highest BCUT2D eigenvalue weighted by atomic mass is 16.5. The van der Waals surface area contributed by atoms with Crippen LogP contribution in [0.2, 0.25) is 0 Å². The summed E-state index contributed by atoms with van der Waals surface area (Å²) in [6.07, 6.45) is 2.98. The number of aliphatic carboxylic acids is 1. The van der Waals surface area contributed by atoms with E-state index < -0.39 is 11.9 Å². The molecule has 1 aromatic heterocycles. The molecule has 1 fully saturated rings. The largest absolute Gasteiger partial charge is 0.496 e. The molecule has 3 rings (SSSR count). The third-order valence-corrected chi connectivity index (χ3v) is 4.95. The summed E-state index contributed by atoms with van der Waals surface area (Å²) >= 11 is 0. The van der Waals surface area contributed by atoms with E-state index in [9.17, 15) is 14.7 Å². The molecule has 1 aliphatic heterocycles. The van der Waals surface area contributed by atoms with E-state index in [0.717, 1.165) is 5.56 Å². The smallest absolute Gasteiger partial charge is 0.308 e. The number of ether oxygens (including phenoxy) is 1. The van der Waals surface area contributed by atoms with Gasteiger partial charge in [0.15, 0.2) is 0 Å². The molecule has 1 saturated heterocycles. The SMILES string of the molecule is COc1ccc(C(=O)N2CCCC(C(=O)O)C2C)cc1-c1ccccn1. The van der Waals surface area contributed by atoms with Crippen LogP contribution >= 0.6 is 0 Å². The molecule has 136 valence electrons. The third kappa shape index (κ3) is 3.40. The van der Waals surface area contributed by atoms with Gasteiger partial charge < -0.3 is 14.7 Å². The molecule has 2 atom stereocenters. The van der Waals surface area contributed by atoms with Crippen molar-refractivity contribution in [2.24, 2.45) is 5.92 Å². The Labute approximate surface area is 152 Å². The summed E-state index contributed by atoms with van der Waals surface area (Å²) < 4.78 is 5.41. The lowest BCUT2D eigenvalue weighted by molar-refractivity contribution is -0.144. The Bertz CT molecular complexity index is 807. The first-order valence-electron chi connectivity index (χ1n) is 8.66. The van der Waals surface area contributed by atoms with Crippen molar-refractivity contribution >= 4 is 11.9 Å². The van der Waals surface area contributed by atoms with Crippen LogP contribution in [0.15, 0.2) is 42.6 Å². The number of benzene rings is 1. The first-order valence-corrected chi connectivity index (χ1v) is 8.66. The number of carbonyl (C=O) groups is 2. The molecule has 1 aliphatic rings. The lowest BCUT2D eigenvalue weighted by Gasteiger charge is -2.37. The number of carbonyl (C=O) groups excluding carboxylic acids is 1. The minimum absolute atomic E-state index is 0.164. The second-order valence-electron chi connectivity index (χ2n) is 6.46. The van der Waals surface area contributed by atoms with Gasteiger partial charge in [0.25, 0.3) is 5.91 Å². The standard InChI is InChI=1S/C20H22N2O4/c1-13-15(20(24)25)6-5-11-22(13)19(23)14-8-9-18(26-2)16(12-14)17-7-3-4-10-21-17/h3-4,7-10,12-13,15H,5-6,11H2,1-2H3,(H,24,25). The van der Waals surface area contributed by atoms with E-state index in [0.29, 0.717) is 36.4 Å². The third-order valence-electron chi connectivity index (χ3n) is 4.95. The van der Waals surface area contributed by atoms with Gasteiger partial charge in [-0.15, -0.1) is 0 Å². The minimum atomic E-state index is -0.848. The lowest BCUT2D eigenvalue weighted by Crippen LogP contribution is -2.49. The number of carboxylic acids is 1. The van der Waals surface area contributed by atoms with Crippen LogP contribution in [-0.4, -0.2) is 46.6 Å². The van der Waals surface area contributed by atoms with Crippen LogP contribution in [-0.2, 0) is 4.79 Å². The van der Waals surface area contributed by atoms with Crippen molar-refractivity contribution in [3.63, 3.8) is 0 Å². The number of carboxylic acid groups (broad SMARTS) is 1. The zero-order valence-corrected chi connectivity index (χ0v) is 14.9. The molecule has 0 spiro atoms. The molecule has 0 saturated carbocycles. The average Bonchev–Trinajstić information content (AvgIpc) is 2.67. The zero-order chi connectivity index (χ0) is 18.7. The van der Waals surface area contributed by atoms with Gasteiger partial charge in [-0.3, -0.25) is 14.6 Å². The van der Waals surface area contributed by atoms with Crippen molar-refractivity contribution in [3.8, 4) is 17.0 Å². The van der Waals surface area contributed by atoms with E-state index in [-0.39, 0.29) is 11.9 Å². The number of likely N-dealkylation sites (tertiary alicyclic amines) is 1. The second kappa shape index (κ2) is 7.56. The van der Waals surface area contributed by atoms with Crippen LogP contribution in [0.3, 0.4) is 0 Å². The number of rotatable bonds is 4. The zero-order valence-electron chi connectivity index (χ0n) is 14.9. The molecule has 26 heavy (non-hydrogen) atoms. The number of amides is 1. The van der Waals surface area contributed by atoms with Gasteiger partial charge in [-0.2, -0.15) is 0 Å². The van der Waals surface area contributed by atoms with Gasteiger partial charge in [0.05, 0.1) is 18.7 Å². The molecule has 0 bridgehead atoms. The van der Waals surface area contributed by atoms with Crippen LogP contribution in [0.4, 0.5) is 0 Å². The first-order chi connectivity index (χ1) is 12.5. The highest BCUT2D eigenvalue weighted by Gasteiger charge is 2.35. The molecule has 0 aliphatic carbocycles. The van der Waals surface area contributed by atoms with Gasteiger partial charge in [0.2, 0.25) is 0 Å². The van der Waals surface area contributed by atoms with E-state index >= 15 is 0 Å². The van der Waals surface area contributed by atoms with Crippen LogP contribution in [0.1, 0.15) is 30.1 Å². The number of hydrogen-bond acceptors (Lipinski definition) is 4. The van der Waals surface area contributed by atoms with Crippen molar-refractivity contribution in [2.75, 3.05) is 13.7 Å². The number of aromatic nitrogens is 1. The monoisotopic (exact) mass is 354 g/mol. The van der Waals surface area contributed by atoms with E-state index in [4.69, 9.17) is 4.74 Å². The Morgan fingerprint density at radius 1 is 1.27 bits per heavy atom. The topological polar surface area (TPSA) is 79.7 Å². The van der Waals surface area contributed by atoms with E-state index in [1.165, 1.54) is 0 Å². The summed E-state index contributed by atoms with van der Waals surface area (Å²) in [6, 6.07) is 10.4. The Hall–Kier alpha value is -2.89. The summed E-state index contributed by atoms with van der Waals surface area (Å²) in [5, 5.41) is 9.38. The number of hydrogen-bond donors (Lipinski definition) is 1. The molecule has 1 amide bonds. The summed E-state index contributed by atoms with van der Waals surface area (Å²) in [4.78, 5) is 30.5. The molecule has 0 radical (unpaired) electrons. The fourth-order valence-corrected chi connectivity index (χ4v) is 3.49. The van der Waals surface area contributed by atoms with E-state index in [1.54, 1.807) is 43.3 Å². The molecule has 2 unspecified atom stereocenters. The molecule has 6 heteroatoms. The summed E-state index contributed by atoms with van der Waals surface area (Å²) in [5.74, 6) is -0.904. The molecule has 2 heterocycles. The first kappa shape index (κ1) is 17.9. The van der Waals surface area contributed by atoms with E-state index in [2.05, 4.69) is 4.98 Å². The summed E-state index contributed by atoms with van der Waals surface area (Å²) in [6.45, 7) is 2.37.